The Bertz CT molecular complexity index is 1490. The number of carboxylic acids is 1. The normalized spacial score (nSPS) is 15.0. The lowest BCUT2D eigenvalue weighted by Crippen LogP contribution is -2.40. The fourth-order valence-corrected chi connectivity index (χ4v) is 4.50. The highest BCUT2D eigenvalue weighted by molar-refractivity contribution is 5.81. The van der Waals surface area contributed by atoms with E-state index in [-0.39, 0.29) is 0 Å². The van der Waals surface area contributed by atoms with Gasteiger partial charge in [-0.1, -0.05) is 36.4 Å². The van der Waals surface area contributed by atoms with Crippen LogP contribution in [0.2, 0.25) is 0 Å². The predicted molar refractivity (Wildman–Crippen MR) is 143 cm³/mol. The predicted octanol–water partition coefficient (Wildman–Crippen LogP) is 6.73. The molecule has 5 rings (SSSR count). The molecule has 1 fully saturated rings. The van der Waals surface area contributed by atoms with Crippen LogP contribution in [0, 0.1) is 0 Å². The van der Waals surface area contributed by atoms with Gasteiger partial charge in [0, 0.05) is 18.2 Å². The first-order valence-electron chi connectivity index (χ1n) is 12.8. The third kappa shape index (κ3) is 8.08. The summed E-state index contributed by atoms with van der Waals surface area (Å²) in [5.41, 5.74) is 4.39. The van der Waals surface area contributed by atoms with Gasteiger partial charge < -0.3 is 20.3 Å². The van der Waals surface area contributed by atoms with Gasteiger partial charge in [-0.25, -0.2) is 9.78 Å². The van der Waals surface area contributed by atoms with Gasteiger partial charge >= 0.3 is 18.3 Å². The molecule has 12 heteroatoms. The Balaban J connectivity index is 0.000000493. The van der Waals surface area contributed by atoms with Crippen LogP contribution in [0.5, 0.6) is 0 Å². The lowest BCUT2D eigenvalue weighted by atomic mass is 10.00. The molecule has 2 heterocycles. The summed E-state index contributed by atoms with van der Waals surface area (Å²) in [6.45, 7) is 3.08. The average molecular weight is 579 g/mol. The molecule has 6 nitrogen and oxygen atoms in total. The van der Waals surface area contributed by atoms with Crippen molar-refractivity contribution in [3.8, 4) is 22.5 Å². The van der Waals surface area contributed by atoms with Crippen LogP contribution >= 0.6 is 0 Å². The van der Waals surface area contributed by atoms with E-state index in [2.05, 4.69) is 51.5 Å². The number of likely N-dealkylation sites (tertiary alicyclic amines) is 1. The van der Waals surface area contributed by atoms with Crippen molar-refractivity contribution >= 4 is 17.0 Å². The summed E-state index contributed by atoms with van der Waals surface area (Å²) in [6.07, 6.45) is -7.13. The molecule has 0 atom stereocenters. The van der Waals surface area contributed by atoms with Gasteiger partial charge in [0.1, 0.15) is 5.82 Å². The number of aliphatic carboxylic acids is 1. The Morgan fingerprint density at radius 3 is 2.20 bits per heavy atom. The number of H-pyrrole nitrogens is 1. The minimum absolute atomic E-state index is 0.372. The van der Waals surface area contributed by atoms with E-state index in [4.69, 9.17) is 9.90 Å². The molecule has 41 heavy (non-hydrogen) atoms. The lowest BCUT2D eigenvalue weighted by Gasteiger charge is -2.29. The molecule has 0 aliphatic carbocycles. The fraction of sp³-hybridized carbons (Fsp3) is 0.310. The first-order chi connectivity index (χ1) is 19.3. The number of piperidine rings is 1. The van der Waals surface area contributed by atoms with Gasteiger partial charge in [-0.15, -0.1) is 0 Å². The van der Waals surface area contributed by atoms with Crippen LogP contribution in [-0.4, -0.2) is 58.3 Å². The maximum absolute atomic E-state index is 13.1. The molecule has 3 N–H and O–H groups in total. The highest BCUT2D eigenvalue weighted by Crippen LogP contribution is 2.32. The van der Waals surface area contributed by atoms with Gasteiger partial charge in [-0.05, 0) is 80.0 Å². The van der Waals surface area contributed by atoms with Crippen molar-refractivity contribution in [1.82, 2.24) is 20.2 Å². The highest BCUT2D eigenvalue weighted by atomic mass is 19.4. The number of alkyl halides is 6. The Kier molecular flexibility index (Phi) is 9.03. The van der Waals surface area contributed by atoms with Crippen molar-refractivity contribution < 1.29 is 36.2 Å². The number of carboxylic acid groups (broad SMARTS) is 1. The summed E-state index contributed by atoms with van der Waals surface area (Å²) in [6, 6.07) is 20.5. The summed E-state index contributed by atoms with van der Waals surface area (Å²) in [4.78, 5) is 18.8. The molecule has 4 aromatic rings. The minimum Gasteiger partial charge on any atom is -0.475 e. The molecule has 3 aromatic carbocycles. The maximum atomic E-state index is 13.1. The van der Waals surface area contributed by atoms with Crippen LogP contribution in [-0.2, 0) is 17.5 Å². The first-order valence-corrected chi connectivity index (χ1v) is 12.8. The number of halogens is 6. The van der Waals surface area contributed by atoms with Gasteiger partial charge in [0.2, 0.25) is 0 Å². The molecule has 0 saturated carbocycles. The molecule has 1 aliphatic heterocycles. The number of imidazole rings is 1. The van der Waals surface area contributed by atoms with Crippen molar-refractivity contribution in [2.45, 2.75) is 37.8 Å². The van der Waals surface area contributed by atoms with E-state index in [1.807, 2.05) is 24.3 Å². The zero-order valence-electron chi connectivity index (χ0n) is 22.0. The molecule has 0 spiro atoms. The van der Waals surface area contributed by atoms with Crippen molar-refractivity contribution in [1.29, 1.82) is 0 Å². The van der Waals surface area contributed by atoms with Gasteiger partial charge in [0.05, 0.1) is 16.6 Å². The average Bonchev–Trinajstić information content (AvgIpc) is 3.36. The summed E-state index contributed by atoms with van der Waals surface area (Å²) in [5, 5.41) is 10.8. The molecular formula is C29H28F6N4O2. The van der Waals surface area contributed by atoms with Crippen molar-refractivity contribution in [3.05, 3.63) is 77.9 Å². The highest BCUT2D eigenvalue weighted by Gasteiger charge is 2.38. The number of fused-ring (bicyclic) bond motifs is 1. The molecular weight excluding hydrogens is 550 g/mol. The largest absolute Gasteiger partial charge is 0.490 e. The van der Waals surface area contributed by atoms with E-state index in [0.29, 0.717) is 22.9 Å². The SMILES string of the molecule is CN1CCC(NCc2cccc(-c3cccc(-c4nc5ccc(C(F)(F)F)cc5[nH]4)c3)c2)CC1.O=C(O)C(F)(F)F. The number of aromatic nitrogens is 2. The molecule has 0 radical (unpaired) electrons. The third-order valence-corrected chi connectivity index (χ3v) is 6.76. The summed E-state index contributed by atoms with van der Waals surface area (Å²) in [5.74, 6) is -2.20. The van der Waals surface area contributed by atoms with Crippen LogP contribution in [0.1, 0.15) is 24.0 Å². The second kappa shape index (κ2) is 12.3. The zero-order valence-corrected chi connectivity index (χ0v) is 22.0. The summed E-state index contributed by atoms with van der Waals surface area (Å²) in [7, 11) is 2.17. The van der Waals surface area contributed by atoms with Gasteiger partial charge in [-0.2, -0.15) is 26.3 Å². The minimum atomic E-state index is -5.08. The van der Waals surface area contributed by atoms with E-state index in [1.54, 1.807) is 0 Å². The first kappa shape index (κ1) is 30.1. The fourth-order valence-electron chi connectivity index (χ4n) is 4.50. The van der Waals surface area contributed by atoms with Crippen molar-refractivity contribution in [2.75, 3.05) is 20.1 Å². The van der Waals surface area contributed by atoms with E-state index >= 15 is 0 Å². The number of carbonyl (C=O) groups is 1. The second-order valence-electron chi connectivity index (χ2n) is 9.86. The van der Waals surface area contributed by atoms with E-state index < -0.39 is 23.9 Å². The number of nitrogens with one attached hydrogen (secondary N) is 2. The molecule has 0 amide bonds. The Labute approximate surface area is 232 Å². The van der Waals surface area contributed by atoms with E-state index in [0.717, 1.165) is 48.5 Å². The van der Waals surface area contributed by atoms with E-state index in [9.17, 15) is 26.3 Å². The zero-order chi connectivity index (χ0) is 29.8. The van der Waals surface area contributed by atoms with Crippen molar-refractivity contribution in [2.24, 2.45) is 0 Å². The van der Waals surface area contributed by atoms with Crippen LogP contribution in [0.3, 0.4) is 0 Å². The quantitative estimate of drug-likeness (QED) is 0.229. The number of rotatable bonds is 5. The standard InChI is InChI=1S/C27H27F3N4.C2HF3O2/c1-34-12-10-23(11-13-34)31-17-18-4-2-5-19(14-18)20-6-3-7-21(15-20)26-32-24-9-8-22(27(28,29)30)16-25(24)33-26;3-2(4,5)1(6)7/h2-9,14-16,23,31H,10-13,17H2,1H3,(H,32,33);(H,6,7). The maximum Gasteiger partial charge on any atom is 0.490 e. The smallest absolute Gasteiger partial charge is 0.475 e. The molecule has 1 saturated heterocycles. The second-order valence-corrected chi connectivity index (χ2v) is 9.86. The van der Waals surface area contributed by atoms with Crippen LogP contribution < -0.4 is 5.32 Å². The summed E-state index contributed by atoms with van der Waals surface area (Å²) < 4.78 is 70.9. The molecule has 0 unspecified atom stereocenters. The van der Waals surface area contributed by atoms with E-state index in [1.165, 1.54) is 24.5 Å². The number of hydrogen-bond acceptors (Lipinski definition) is 4. The molecule has 218 valence electrons. The topological polar surface area (TPSA) is 81.2 Å². The van der Waals surface area contributed by atoms with Crippen LogP contribution in [0.4, 0.5) is 26.3 Å². The molecule has 0 bridgehead atoms. The number of aromatic amines is 1. The Morgan fingerprint density at radius 1 is 0.951 bits per heavy atom. The Morgan fingerprint density at radius 2 is 1.56 bits per heavy atom. The Hall–Kier alpha value is -3.90. The number of nitrogens with zero attached hydrogens (tertiary/aromatic N) is 2. The third-order valence-electron chi connectivity index (χ3n) is 6.76. The number of benzene rings is 3. The van der Waals surface area contributed by atoms with Gasteiger partial charge in [0.15, 0.2) is 0 Å². The molecule has 1 aliphatic rings. The van der Waals surface area contributed by atoms with Crippen molar-refractivity contribution in [3.63, 3.8) is 0 Å². The van der Waals surface area contributed by atoms with Gasteiger partial charge in [-0.3, -0.25) is 0 Å². The summed E-state index contributed by atoms with van der Waals surface area (Å²) >= 11 is 0. The van der Waals surface area contributed by atoms with Gasteiger partial charge in [0.25, 0.3) is 0 Å². The monoisotopic (exact) mass is 578 g/mol. The lowest BCUT2D eigenvalue weighted by molar-refractivity contribution is -0.192. The van der Waals surface area contributed by atoms with Crippen LogP contribution in [0.15, 0.2) is 66.7 Å². The molecule has 1 aromatic heterocycles. The number of hydrogen-bond donors (Lipinski definition) is 3. The van der Waals surface area contributed by atoms with Crippen LogP contribution in [0.25, 0.3) is 33.5 Å².